The van der Waals surface area contributed by atoms with Crippen molar-refractivity contribution in [2.75, 3.05) is 6.61 Å². The second-order valence-corrected chi connectivity index (χ2v) is 7.59. The number of aromatic carboxylic acids is 1. The maximum absolute atomic E-state index is 12.6. The first kappa shape index (κ1) is 14.8. The van der Waals surface area contributed by atoms with Crippen molar-refractivity contribution in [2.24, 2.45) is 0 Å². The Bertz CT molecular complexity index is 539. The van der Waals surface area contributed by atoms with E-state index in [1.54, 1.807) is 0 Å². The fourth-order valence-corrected chi connectivity index (χ4v) is 4.89. The molecule has 1 saturated heterocycles. The molecule has 2 atom stereocenters. The highest BCUT2D eigenvalue weighted by atomic mass is 32.2. The Labute approximate surface area is 126 Å². The highest BCUT2D eigenvalue weighted by Gasteiger charge is 2.41. The van der Waals surface area contributed by atoms with Gasteiger partial charge >= 0.3 is 5.97 Å². The lowest BCUT2D eigenvalue weighted by atomic mass is 9.80. The zero-order valence-corrected chi connectivity index (χ0v) is 12.7. The van der Waals surface area contributed by atoms with Gasteiger partial charge in [0.15, 0.2) is 5.09 Å². The van der Waals surface area contributed by atoms with E-state index in [0.717, 1.165) is 25.7 Å². The molecule has 1 aliphatic carbocycles. The van der Waals surface area contributed by atoms with E-state index in [0.29, 0.717) is 6.61 Å². The van der Waals surface area contributed by atoms with E-state index in [2.05, 4.69) is 0 Å². The molecule has 6 heteroatoms. The van der Waals surface area contributed by atoms with Gasteiger partial charge in [0.25, 0.3) is 0 Å². The van der Waals surface area contributed by atoms with Crippen LogP contribution in [0.3, 0.4) is 0 Å². The van der Waals surface area contributed by atoms with Crippen LogP contribution in [0.4, 0.5) is 0 Å². The van der Waals surface area contributed by atoms with Gasteiger partial charge in [0.05, 0.1) is 16.4 Å². The lowest BCUT2D eigenvalue weighted by Gasteiger charge is -2.43. The predicted molar refractivity (Wildman–Crippen MR) is 76.9 cm³/mol. The van der Waals surface area contributed by atoms with Gasteiger partial charge in [-0.05, 0) is 37.8 Å². The molecule has 1 aliphatic heterocycles. The Morgan fingerprint density at radius 2 is 2.05 bits per heavy atom. The number of rotatable bonds is 3. The van der Waals surface area contributed by atoms with Gasteiger partial charge in [0.1, 0.15) is 0 Å². The van der Waals surface area contributed by atoms with E-state index >= 15 is 0 Å². The van der Waals surface area contributed by atoms with Crippen molar-refractivity contribution in [3.63, 3.8) is 0 Å². The fraction of sp³-hybridized carbons (Fsp3) is 0.667. The summed E-state index contributed by atoms with van der Waals surface area (Å²) < 4.78 is 23.8. The zero-order chi connectivity index (χ0) is 14.9. The molecular weight excluding hydrogens is 292 g/mol. The van der Waals surface area contributed by atoms with Crippen LogP contribution >= 0.6 is 0 Å². The Morgan fingerprint density at radius 3 is 2.71 bits per heavy atom. The smallest absolute Gasteiger partial charge is 0.371 e. The van der Waals surface area contributed by atoms with Gasteiger partial charge in [-0.1, -0.05) is 19.3 Å². The number of carboxylic acids is 1. The van der Waals surface area contributed by atoms with Crippen LogP contribution < -0.4 is 0 Å². The van der Waals surface area contributed by atoms with E-state index in [9.17, 15) is 9.00 Å². The average molecular weight is 312 g/mol. The molecule has 1 aromatic rings. The average Bonchev–Trinajstić information content (AvgIpc) is 2.97. The summed E-state index contributed by atoms with van der Waals surface area (Å²) in [5.74, 6) is -1.29. The lowest BCUT2D eigenvalue weighted by Crippen LogP contribution is -2.44. The molecule has 1 N–H and O–H groups in total. The van der Waals surface area contributed by atoms with Crippen LogP contribution in [-0.4, -0.2) is 32.7 Å². The minimum Gasteiger partial charge on any atom is -0.475 e. The molecule has 5 nitrogen and oxygen atoms in total. The van der Waals surface area contributed by atoms with Crippen molar-refractivity contribution in [3.05, 3.63) is 17.9 Å². The van der Waals surface area contributed by atoms with Crippen LogP contribution in [0, 0.1) is 0 Å². The summed E-state index contributed by atoms with van der Waals surface area (Å²) in [7, 11) is -1.30. The first-order valence-electron chi connectivity index (χ1n) is 7.47. The molecule has 2 fully saturated rings. The van der Waals surface area contributed by atoms with Crippen molar-refractivity contribution in [1.29, 1.82) is 0 Å². The molecule has 0 amide bonds. The first-order valence-corrected chi connectivity index (χ1v) is 8.69. The molecule has 2 aliphatic rings. The third kappa shape index (κ3) is 3.06. The van der Waals surface area contributed by atoms with E-state index in [4.69, 9.17) is 14.3 Å². The molecule has 0 bridgehead atoms. The van der Waals surface area contributed by atoms with E-state index < -0.39 is 16.8 Å². The first-order chi connectivity index (χ1) is 10.1. The molecule has 2 unspecified atom stereocenters. The topological polar surface area (TPSA) is 76.7 Å². The molecule has 3 rings (SSSR count). The standard InChI is InChI=1S/C15H20O5S/c16-14(17)12-4-5-13(20-12)21(18)11-6-9-19-15(10-11)7-2-1-3-8-15/h4-5,11H,1-3,6-10H2,(H,16,17). The van der Waals surface area contributed by atoms with Crippen LogP contribution in [0.2, 0.25) is 0 Å². The third-order valence-corrected chi connectivity index (χ3v) is 6.13. The maximum Gasteiger partial charge on any atom is 0.371 e. The van der Waals surface area contributed by atoms with Gasteiger partial charge in [0, 0.05) is 11.9 Å². The highest BCUT2D eigenvalue weighted by molar-refractivity contribution is 7.85. The van der Waals surface area contributed by atoms with Crippen molar-refractivity contribution in [3.8, 4) is 0 Å². The minimum atomic E-state index is -1.30. The van der Waals surface area contributed by atoms with Crippen LogP contribution in [0.25, 0.3) is 0 Å². The van der Waals surface area contributed by atoms with Crippen molar-refractivity contribution >= 4 is 16.8 Å². The quantitative estimate of drug-likeness (QED) is 0.928. The Balaban J connectivity index is 1.73. The fourth-order valence-electron chi connectivity index (χ4n) is 3.42. The largest absolute Gasteiger partial charge is 0.475 e. The van der Waals surface area contributed by atoms with E-state index in [1.165, 1.54) is 31.4 Å². The molecule has 0 aromatic carbocycles. The molecule has 2 heterocycles. The molecule has 0 radical (unpaired) electrons. The van der Waals surface area contributed by atoms with Crippen LogP contribution in [0.5, 0.6) is 0 Å². The molecule has 21 heavy (non-hydrogen) atoms. The second-order valence-electron chi connectivity index (χ2n) is 5.93. The summed E-state index contributed by atoms with van der Waals surface area (Å²) >= 11 is 0. The van der Waals surface area contributed by atoms with Crippen molar-refractivity contribution in [2.45, 2.75) is 60.9 Å². The molecule has 1 spiro atoms. The number of ether oxygens (including phenoxy) is 1. The number of hydrogen-bond donors (Lipinski definition) is 1. The number of carbonyl (C=O) groups is 1. The van der Waals surface area contributed by atoms with Crippen LogP contribution in [0.15, 0.2) is 21.6 Å². The monoisotopic (exact) mass is 312 g/mol. The second kappa shape index (κ2) is 5.93. The molecule has 116 valence electrons. The highest BCUT2D eigenvalue weighted by Crippen LogP contribution is 2.40. The van der Waals surface area contributed by atoms with E-state index in [-0.39, 0.29) is 21.7 Å². The molecule has 1 saturated carbocycles. The van der Waals surface area contributed by atoms with Crippen molar-refractivity contribution in [1.82, 2.24) is 0 Å². The summed E-state index contributed by atoms with van der Waals surface area (Å²) in [6.45, 7) is 0.628. The van der Waals surface area contributed by atoms with Gasteiger partial charge in [0.2, 0.25) is 5.76 Å². The maximum atomic E-state index is 12.6. The molecular formula is C15H20O5S. The number of hydrogen-bond acceptors (Lipinski definition) is 4. The van der Waals surface area contributed by atoms with Gasteiger partial charge in [-0.15, -0.1) is 0 Å². The summed E-state index contributed by atoms with van der Waals surface area (Å²) in [4.78, 5) is 10.8. The normalized spacial score (nSPS) is 26.6. The summed E-state index contributed by atoms with van der Waals surface area (Å²) in [5.41, 5.74) is -0.112. The summed E-state index contributed by atoms with van der Waals surface area (Å²) in [6.07, 6.45) is 7.18. The molecule has 1 aromatic heterocycles. The minimum absolute atomic E-state index is 0.00959. The number of carboxylic acid groups (broad SMARTS) is 1. The number of furan rings is 1. The lowest BCUT2D eigenvalue weighted by molar-refractivity contribution is -0.0975. The van der Waals surface area contributed by atoms with Gasteiger partial charge in [-0.2, -0.15) is 0 Å². The Hall–Kier alpha value is -1.14. The summed E-state index contributed by atoms with van der Waals surface area (Å²) in [5, 5.41) is 9.14. The van der Waals surface area contributed by atoms with E-state index in [1.807, 2.05) is 0 Å². The van der Waals surface area contributed by atoms with Gasteiger partial charge in [-0.3, -0.25) is 4.21 Å². The SMILES string of the molecule is O=C(O)c1ccc(S(=O)C2CCOC3(CCCCC3)C2)o1. The Kier molecular flexibility index (Phi) is 4.17. The van der Waals surface area contributed by atoms with Gasteiger partial charge in [-0.25, -0.2) is 4.79 Å². The summed E-state index contributed by atoms with van der Waals surface area (Å²) in [6, 6.07) is 2.88. The Morgan fingerprint density at radius 1 is 1.29 bits per heavy atom. The van der Waals surface area contributed by atoms with Gasteiger partial charge < -0.3 is 14.3 Å². The van der Waals surface area contributed by atoms with Crippen molar-refractivity contribution < 1.29 is 23.3 Å². The predicted octanol–water partition coefficient (Wildman–Crippen LogP) is 2.97. The van der Waals surface area contributed by atoms with Crippen LogP contribution in [0.1, 0.15) is 55.5 Å². The third-order valence-electron chi connectivity index (χ3n) is 4.51. The zero-order valence-electron chi connectivity index (χ0n) is 11.9. The van der Waals surface area contributed by atoms with Crippen LogP contribution in [-0.2, 0) is 15.5 Å².